The van der Waals surface area contributed by atoms with E-state index < -0.39 is 0 Å². The number of aryl methyl sites for hydroxylation is 1. The van der Waals surface area contributed by atoms with Crippen LogP contribution in [0.15, 0.2) is 36.4 Å². The van der Waals surface area contributed by atoms with Crippen molar-refractivity contribution in [2.24, 2.45) is 5.92 Å². The molecule has 2 aromatic rings. The van der Waals surface area contributed by atoms with E-state index in [4.69, 9.17) is 14.2 Å². The summed E-state index contributed by atoms with van der Waals surface area (Å²) in [6.07, 6.45) is 2.15. The van der Waals surface area contributed by atoms with E-state index in [1.165, 1.54) is 16.7 Å². The van der Waals surface area contributed by atoms with E-state index >= 15 is 0 Å². The van der Waals surface area contributed by atoms with E-state index in [0.717, 1.165) is 30.1 Å². The number of hydrogen-bond donors (Lipinski definition) is 0. The van der Waals surface area contributed by atoms with Gasteiger partial charge in [0, 0.05) is 17.7 Å². The minimum absolute atomic E-state index is 0.0636. The predicted octanol–water partition coefficient (Wildman–Crippen LogP) is 5.67. The Morgan fingerprint density at radius 3 is 2.40 bits per heavy atom. The van der Waals surface area contributed by atoms with E-state index in [2.05, 4.69) is 45.0 Å². The van der Waals surface area contributed by atoms with Crippen LogP contribution in [0.2, 0.25) is 0 Å². The van der Waals surface area contributed by atoms with Crippen molar-refractivity contribution in [3.63, 3.8) is 0 Å². The van der Waals surface area contributed by atoms with Gasteiger partial charge < -0.3 is 14.2 Å². The summed E-state index contributed by atoms with van der Waals surface area (Å²) in [6, 6.07) is 12.6. The van der Waals surface area contributed by atoms with Crippen molar-refractivity contribution in [2.45, 2.75) is 45.6 Å². The molecule has 1 aliphatic heterocycles. The van der Waals surface area contributed by atoms with Gasteiger partial charge >= 0.3 is 0 Å². The minimum atomic E-state index is 0.0636. The van der Waals surface area contributed by atoms with Gasteiger partial charge in [0.05, 0.1) is 14.2 Å². The number of fused-ring (bicyclic) bond motifs is 1. The molecular weight excluding hydrogens is 312 g/mol. The van der Waals surface area contributed by atoms with Crippen LogP contribution in [-0.4, -0.2) is 14.2 Å². The largest absolute Gasteiger partial charge is 0.496 e. The molecule has 3 rings (SSSR count). The van der Waals surface area contributed by atoms with Gasteiger partial charge in [0.25, 0.3) is 0 Å². The average Bonchev–Trinajstić information content (AvgIpc) is 2.60. The predicted molar refractivity (Wildman–Crippen MR) is 101 cm³/mol. The molecule has 0 N–H and O–H groups in total. The summed E-state index contributed by atoms with van der Waals surface area (Å²) in [5.41, 5.74) is 3.68. The highest BCUT2D eigenvalue weighted by atomic mass is 16.5. The first kappa shape index (κ1) is 17.7. The summed E-state index contributed by atoms with van der Waals surface area (Å²) in [7, 11) is 3.39. The van der Waals surface area contributed by atoms with Gasteiger partial charge in [-0.1, -0.05) is 43.7 Å². The molecule has 0 aromatic heterocycles. The van der Waals surface area contributed by atoms with Crippen LogP contribution >= 0.6 is 0 Å². The van der Waals surface area contributed by atoms with E-state index in [1.54, 1.807) is 14.2 Å². The van der Waals surface area contributed by atoms with Gasteiger partial charge in [0.2, 0.25) is 0 Å². The van der Waals surface area contributed by atoms with Crippen LogP contribution in [-0.2, 0) is 0 Å². The zero-order valence-corrected chi connectivity index (χ0v) is 15.8. The molecule has 0 amide bonds. The molecular formula is C22H28O3. The van der Waals surface area contributed by atoms with Crippen molar-refractivity contribution in [2.75, 3.05) is 14.2 Å². The van der Waals surface area contributed by atoms with Gasteiger partial charge in [-0.15, -0.1) is 0 Å². The Kier molecular flexibility index (Phi) is 5.22. The van der Waals surface area contributed by atoms with Gasteiger partial charge in [-0.3, -0.25) is 0 Å². The standard InChI is InChI=1S/C22H28O3/c1-14(2)10-17-11-19(16-8-6-15(3)7-9-16)25-21-13-18(23-4)12-20(24-5)22(17)21/h6-9,12-14,17,19H,10-11H2,1-5H3/t17-,19+/m1/s1. The topological polar surface area (TPSA) is 27.7 Å². The van der Waals surface area contributed by atoms with Crippen molar-refractivity contribution in [1.82, 2.24) is 0 Å². The molecule has 2 atom stereocenters. The molecule has 2 aromatic carbocycles. The second-order valence-electron chi connectivity index (χ2n) is 7.32. The Balaban J connectivity index is 2.03. The van der Waals surface area contributed by atoms with E-state index in [1.807, 2.05) is 12.1 Å². The van der Waals surface area contributed by atoms with Crippen LogP contribution in [0.4, 0.5) is 0 Å². The third-order valence-corrected chi connectivity index (χ3v) is 4.91. The van der Waals surface area contributed by atoms with Gasteiger partial charge in [0.1, 0.15) is 23.4 Å². The van der Waals surface area contributed by atoms with E-state index in [0.29, 0.717) is 11.8 Å². The van der Waals surface area contributed by atoms with Crippen LogP contribution in [0.1, 0.15) is 55.4 Å². The zero-order chi connectivity index (χ0) is 18.0. The lowest BCUT2D eigenvalue weighted by molar-refractivity contribution is 0.151. The SMILES string of the molecule is COc1cc(OC)c2c(c1)O[C@H](c1ccc(C)cc1)C[C@H]2CC(C)C. The number of rotatable bonds is 5. The Hall–Kier alpha value is -2.16. The van der Waals surface area contributed by atoms with Gasteiger partial charge in [-0.05, 0) is 37.2 Å². The number of ether oxygens (including phenoxy) is 3. The maximum absolute atomic E-state index is 6.39. The molecule has 0 saturated carbocycles. The highest BCUT2D eigenvalue weighted by Gasteiger charge is 2.33. The maximum atomic E-state index is 6.39. The summed E-state index contributed by atoms with van der Waals surface area (Å²) < 4.78 is 17.5. The summed E-state index contributed by atoms with van der Waals surface area (Å²) in [5.74, 6) is 3.54. The quantitative estimate of drug-likeness (QED) is 0.702. The first-order valence-electron chi connectivity index (χ1n) is 9.01. The van der Waals surface area contributed by atoms with Gasteiger partial charge in [-0.25, -0.2) is 0 Å². The minimum Gasteiger partial charge on any atom is -0.496 e. The van der Waals surface area contributed by atoms with E-state index in [9.17, 15) is 0 Å². The molecule has 1 heterocycles. The molecule has 0 bridgehead atoms. The summed E-state index contributed by atoms with van der Waals surface area (Å²) in [4.78, 5) is 0. The normalized spacial score (nSPS) is 19.3. The first-order chi connectivity index (χ1) is 12.0. The summed E-state index contributed by atoms with van der Waals surface area (Å²) in [5, 5.41) is 0. The van der Waals surface area contributed by atoms with Crippen molar-refractivity contribution < 1.29 is 14.2 Å². The lowest BCUT2D eigenvalue weighted by Crippen LogP contribution is -2.21. The number of benzene rings is 2. The third-order valence-electron chi connectivity index (χ3n) is 4.91. The highest BCUT2D eigenvalue weighted by molar-refractivity contribution is 5.54. The fourth-order valence-corrected chi connectivity index (χ4v) is 3.71. The molecule has 1 aliphatic rings. The summed E-state index contributed by atoms with van der Waals surface area (Å²) in [6.45, 7) is 6.65. The van der Waals surface area contributed by atoms with Crippen LogP contribution in [0.3, 0.4) is 0 Å². The van der Waals surface area contributed by atoms with Crippen LogP contribution in [0, 0.1) is 12.8 Å². The fraction of sp³-hybridized carbons (Fsp3) is 0.455. The smallest absolute Gasteiger partial charge is 0.131 e. The highest BCUT2D eigenvalue weighted by Crippen LogP contribution is 2.50. The van der Waals surface area contributed by atoms with Crippen LogP contribution < -0.4 is 14.2 Å². The molecule has 3 nitrogen and oxygen atoms in total. The molecule has 3 heteroatoms. The Bertz CT molecular complexity index is 719. The molecule has 0 radical (unpaired) electrons. The van der Waals surface area contributed by atoms with Gasteiger partial charge in [-0.2, -0.15) is 0 Å². The number of methoxy groups -OCH3 is 2. The second kappa shape index (κ2) is 7.38. The lowest BCUT2D eigenvalue weighted by atomic mass is 9.81. The molecule has 25 heavy (non-hydrogen) atoms. The Morgan fingerprint density at radius 1 is 1.08 bits per heavy atom. The fourth-order valence-electron chi connectivity index (χ4n) is 3.71. The molecule has 0 saturated heterocycles. The molecule has 0 unspecified atom stereocenters. The third kappa shape index (κ3) is 3.76. The molecule has 0 spiro atoms. The van der Waals surface area contributed by atoms with Crippen molar-refractivity contribution in [3.8, 4) is 17.2 Å². The maximum Gasteiger partial charge on any atom is 0.131 e. The molecule has 134 valence electrons. The summed E-state index contributed by atoms with van der Waals surface area (Å²) >= 11 is 0. The first-order valence-corrected chi connectivity index (χ1v) is 9.01. The van der Waals surface area contributed by atoms with Crippen LogP contribution in [0.5, 0.6) is 17.2 Å². The number of hydrogen-bond acceptors (Lipinski definition) is 3. The lowest BCUT2D eigenvalue weighted by Gasteiger charge is -2.34. The van der Waals surface area contributed by atoms with Gasteiger partial charge in [0.15, 0.2) is 0 Å². The average molecular weight is 340 g/mol. The van der Waals surface area contributed by atoms with Crippen LogP contribution in [0.25, 0.3) is 0 Å². The Morgan fingerprint density at radius 2 is 1.80 bits per heavy atom. The zero-order valence-electron chi connectivity index (χ0n) is 15.8. The van der Waals surface area contributed by atoms with Crippen molar-refractivity contribution in [3.05, 3.63) is 53.1 Å². The second-order valence-corrected chi connectivity index (χ2v) is 7.32. The molecule has 0 aliphatic carbocycles. The Labute approximate surface area is 150 Å². The monoisotopic (exact) mass is 340 g/mol. The van der Waals surface area contributed by atoms with Crippen molar-refractivity contribution >= 4 is 0 Å². The van der Waals surface area contributed by atoms with Crippen molar-refractivity contribution in [1.29, 1.82) is 0 Å². The molecule has 0 fully saturated rings. The van der Waals surface area contributed by atoms with E-state index in [-0.39, 0.29) is 6.10 Å².